The Morgan fingerprint density at radius 1 is 1.16 bits per heavy atom. The summed E-state index contributed by atoms with van der Waals surface area (Å²) in [7, 11) is -3.03. The van der Waals surface area contributed by atoms with Gasteiger partial charge in [0.15, 0.2) is 11.6 Å². The van der Waals surface area contributed by atoms with E-state index in [0.29, 0.717) is 31.0 Å². The van der Waals surface area contributed by atoms with E-state index >= 15 is 8.78 Å². The normalized spacial score (nSPS) is 31.1. The van der Waals surface area contributed by atoms with Gasteiger partial charge < -0.3 is 14.4 Å². The lowest BCUT2D eigenvalue weighted by Gasteiger charge is -2.46. The monoisotopic (exact) mass is 634 g/mol. The second-order valence-electron chi connectivity index (χ2n) is 12.5. The van der Waals surface area contributed by atoms with Gasteiger partial charge in [0.2, 0.25) is 11.7 Å². The lowest BCUT2D eigenvalue weighted by molar-refractivity contribution is -0.122. The summed E-state index contributed by atoms with van der Waals surface area (Å²) in [5.74, 6) is -4.33. The number of hydrogen-bond donors (Lipinski definition) is 1. The summed E-state index contributed by atoms with van der Waals surface area (Å²) >= 11 is 6.34. The summed E-state index contributed by atoms with van der Waals surface area (Å²) in [5, 5.41) is 0.633. The molecule has 11 heteroatoms. The van der Waals surface area contributed by atoms with Gasteiger partial charge in [0.25, 0.3) is 10.0 Å². The van der Waals surface area contributed by atoms with Crippen LogP contribution in [0.5, 0.6) is 5.75 Å². The molecule has 2 bridgehead atoms. The van der Waals surface area contributed by atoms with Gasteiger partial charge in [0, 0.05) is 36.6 Å². The molecule has 0 aromatic heterocycles. The molecule has 4 aliphatic rings. The first kappa shape index (κ1) is 30.3. The van der Waals surface area contributed by atoms with Crippen molar-refractivity contribution in [3.8, 4) is 5.75 Å². The maximum absolute atomic E-state index is 15.9. The summed E-state index contributed by atoms with van der Waals surface area (Å²) in [6, 6.07) is 6.92. The molecule has 2 aromatic carbocycles. The van der Waals surface area contributed by atoms with Crippen LogP contribution in [0.4, 0.5) is 14.5 Å². The van der Waals surface area contributed by atoms with Crippen molar-refractivity contribution < 1.29 is 31.5 Å². The summed E-state index contributed by atoms with van der Waals surface area (Å²) in [4.78, 5) is 13.9. The molecule has 2 aliphatic heterocycles. The number of methoxy groups -OCH3 is 1. The quantitative estimate of drug-likeness (QED) is 0.392. The predicted molar refractivity (Wildman–Crippen MR) is 160 cm³/mol. The number of nitrogens with zero attached hydrogens (tertiary/aromatic N) is 1. The Morgan fingerprint density at radius 2 is 1.98 bits per heavy atom. The fraction of sp³-hybridized carbons (Fsp3) is 0.531. The van der Waals surface area contributed by atoms with E-state index in [1.807, 2.05) is 40.0 Å². The van der Waals surface area contributed by atoms with E-state index in [1.165, 1.54) is 0 Å². The van der Waals surface area contributed by atoms with Crippen molar-refractivity contribution in [2.24, 2.45) is 17.8 Å². The second kappa shape index (κ2) is 11.7. The molecule has 1 fully saturated rings. The minimum atomic E-state index is -4.72. The van der Waals surface area contributed by atoms with E-state index in [-0.39, 0.29) is 36.0 Å². The van der Waals surface area contributed by atoms with Crippen LogP contribution in [0.3, 0.4) is 0 Å². The fourth-order valence-electron chi connectivity index (χ4n) is 7.29. The van der Waals surface area contributed by atoms with Crippen molar-refractivity contribution in [1.82, 2.24) is 4.72 Å². The molecule has 0 saturated heterocycles. The van der Waals surface area contributed by atoms with E-state index in [0.717, 1.165) is 49.3 Å². The summed E-state index contributed by atoms with van der Waals surface area (Å²) in [5.41, 5.74) is 1.77. The average Bonchev–Trinajstić information content (AvgIpc) is 3.10. The van der Waals surface area contributed by atoms with Crippen LogP contribution in [0.15, 0.2) is 41.3 Å². The molecular formula is C32H37ClF2N2O5S. The number of fused-ring (bicyclic) bond motifs is 4. The standard InChI is InChI=1S/C32H37ClF2N2O5S/c1-19-6-3-4-8-26(41-2)23-11-9-21(23)16-37-17-32(13-5-7-20-14-22(33)10-12-24(20)32)18-42-30-25(37)15-27(28(34)29(30)35)43(39,40)36-31(19)38/h4,8,10,12,14-15,19,21,23,26H,3,5-7,9,11,13,16-18H2,1-2H3,(H,36,38)/b8-4+/t19-,21+,23-,26?,32+/m1/s1. The van der Waals surface area contributed by atoms with Crippen LogP contribution in [-0.2, 0) is 31.4 Å². The van der Waals surface area contributed by atoms with Crippen molar-refractivity contribution in [2.45, 2.75) is 68.3 Å². The SMILES string of the molecule is COC1/C=C/CC[C@@H](C)C(=O)NS(=O)(=O)c2cc3c(c(F)c2F)OC[C@]2(CCCc4cc(Cl)ccc42)CN3C[C@@H]2CC[C@@H]12. The Morgan fingerprint density at radius 3 is 2.72 bits per heavy atom. The van der Waals surface area contributed by atoms with Gasteiger partial charge in [-0.15, -0.1) is 0 Å². The second-order valence-corrected chi connectivity index (χ2v) is 14.6. The van der Waals surface area contributed by atoms with Gasteiger partial charge in [-0.05, 0) is 86.1 Å². The molecule has 1 amide bonds. The van der Waals surface area contributed by atoms with Crippen LogP contribution in [0.1, 0.15) is 56.6 Å². The minimum Gasteiger partial charge on any atom is -0.487 e. The molecular weight excluding hydrogens is 598 g/mol. The van der Waals surface area contributed by atoms with Crippen LogP contribution in [-0.4, -0.2) is 47.2 Å². The van der Waals surface area contributed by atoms with Crippen molar-refractivity contribution in [3.63, 3.8) is 0 Å². The molecule has 5 atom stereocenters. The van der Waals surface area contributed by atoms with Gasteiger partial charge in [0.05, 0.1) is 18.4 Å². The average molecular weight is 635 g/mol. The molecule has 43 heavy (non-hydrogen) atoms. The van der Waals surface area contributed by atoms with E-state index in [9.17, 15) is 13.2 Å². The van der Waals surface area contributed by atoms with Gasteiger partial charge in [0.1, 0.15) is 4.90 Å². The van der Waals surface area contributed by atoms with Crippen LogP contribution >= 0.6 is 11.6 Å². The Hall–Kier alpha value is -2.69. The number of anilines is 1. The van der Waals surface area contributed by atoms with Gasteiger partial charge in [-0.3, -0.25) is 4.79 Å². The first-order valence-corrected chi connectivity index (χ1v) is 16.8. The number of nitrogens with one attached hydrogen (secondary N) is 1. The van der Waals surface area contributed by atoms with E-state index in [2.05, 4.69) is 0 Å². The van der Waals surface area contributed by atoms with Crippen LogP contribution < -0.4 is 14.4 Å². The first-order chi connectivity index (χ1) is 20.5. The Balaban J connectivity index is 1.50. The third kappa shape index (κ3) is 5.55. The number of carbonyl (C=O) groups excluding carboxylic acids is 1. The topological polar surface area (TPSA) is 84.9 Å². The molecule has 2 aliphatic carbocycles. The Kier molecular flexibility index (Phi) is 8.23. The van der Waals surface area contributed by atoms with Crippen LogP contribution in [0.25, 0.3) is 0 Å². The van der Waals surface area contributed by atoms with E-state index in [1.54, 1.807) is 14.0 Å². The summed E-state index contributed by atoms with van der Waals surface area (Å²) in [6.07, 6.45) is 9.15. The number of amides is 1. The zero-order valence-electron chi connectivity index (χ0n) is 24.4. The molecule has 1 spiro atoms. The van der Waals surface area contributed by atoms with Crippen molar-refractivity contribution >= 4 is 33.2 Å². The Bertz CT molecular complexity index is 1570. The van der Waals surface area contributed by atoms with Crippen molar-refractivity contribution in [1.29, 1.82) is 0 Å². The number of allylic oxidation sites excluding steroid dienone is 1. The summed E-state index contributed by atoms with van der Waals surface area (Å²) in [6.45, 7) is 2.60. The molecule has 2 aromatic rings. The number of aryl methyl sites for hydroxylation is 1. The molecule has 0 radical (unpaired) electrons. The highest BCUT2D eigenvalue weighted by Gasteiger charge is 2.46. The molecule has 1 N–H and O–H groups in total. The Labute approximate surface area is 256 Å². The lowest BCUT2D eigenvalue weighted by atomic mass is 9.68. The van der Waals surface area contributed by atoms with E-state index < -0.39 is 43.8 Å². The number of sulfonamides is 1. The molecule has 1 unspecified atom stereocenters. The van der Waals surface area contributed by atoms with Crippen LogP contribution in [0.2, 0.25) is 5.02 Å². The van der Waals surface area contributed by atoms with Gasteiger partial charge in [-0.1, -0.05) is 36.7 Å². The van der Waals surface area contributed by atoms with E-state index in [4.69, 9.17) is 21.1 Å². The predicted octanol–water partition coefficient (Wildman–Crippen LogP) is 5.92. The highest BCUT2D eigenvalue weighted by molar-refractivity contribution is 7.90. The number of hydrogen-bond acceptors (Lipinski definition) is 6. The first-order valence-electron chi connectivity index (χ1n) is 15.0. The highest BCUT2D eigenvalue weighted by atomic mass is 35.5. The zero-order valence-corrected chi connectivity index (χ0v) is 25.9. The summed E-state index contributed by atoms with van der Waals surface area (Å²) < 4.78 is 72.2. The highest BCUT2D eigenvalue weighted by Crippen LogP contribution is 2.48. The lowest BCUT2D eigenvalue weighted by Crippen LogP contribution is -2.49. The van der Waals surface area contributed by atoms with Crippen LogP contribution in [0, 0.1) is 29.4 Å². The zero-order chi connectivity index (χ0) is 30.5. The minimum absolute atomic E-state index is 0.0966. The van der Waals surface area contributed by atoms with Gasteiger partial charge >= 0.3 is 0 Å². The largest absolute Gasteiger partial charge is 0.487 e. The number of benzene rings is 2. The fourth-order valence-corrected chi connectivity index (χ4v) is 8.65. The molecule has 1 saturated carbocycles. The third-order valence-electron chi connectivity index (χ3n) is 9.87. The molecule has 6 rings (SSSR count). The van der Waals surface area contributed by atoms with Gasteiger partial charge in [-0.2, -0.15) is 4.39 Å². The van der Waals surface area contributed by atoms with Crippen molar-refractivity contribution in [2.75, 3.05) is 31.7 Å². The molecule has 7 nitrogen and oxygen atoms in total. The maximum atomic E-state index is 15.9. The van der Waals surface area contributed by atoms with Gasteiger partial charge in [-0.25, -0.2) is 17.5 Å². The maximum Gasteiger partial charge on any atom is 0.267 e. The number of ether oxygens (including phenoxy) is 2. The molecule has 232 valence electrons. The molecule has 2 heterocycles. The number of halogens is 3. The smallest absolute Gasteiger partial charge is 0.267 e. The van der Waals surface area contributed by atoms with Crippen molar-refractivity contribution in [3.05, 3.63) is 64.2 Å². The number of rotatable bonds is 1. The number of carbonyl (C=O) groups is 1. The third-order valence-corrected chi connectivity index (χ3v) is 11.4.